The highest BCUT2D eigenvalue weighted by Gasteiger charge is 2.22. The van der Waals surface area contributed by atoms with Crippen molar-refractivity contribution in [2.24, 2.45) is 0 Å². The molecule has 46 heavy (non-hydrogen) atoms. The molecular formula is C34H38N6O6. The molecule has 1 atom stereocenters. The van der Waals surface area contributed by atoms with E-state index in [2.05, 4.69) is 20.9 Å². The van der Waals surface area contributed by atoms with E-state index < -0.39 is 30.3 Å². The average molecular weight is 627 g/mol. The molecule has 0 saturated heterocycles. The van der Waals surface area contributed by atoms with Gasteiger partial charge in [0.2, 0.25) is 11.8 Å². The van der Waals surface area contributed by atoms with E-state index in [1.165, 1.54) is 11.8 Å². The van der Waals surface area contributed by atoms with Crippen molar-refractivity contribution in [1.82, 2.24) is 15.2 Å². The Morgan fingerprint density at radius 3 is 2.37 bits per heavy atom. The van der Waals surface area contributed by atoms with Crippen LogP contribution in [0.1, 0.15) is 50.4 Å². The lowest BCUT2D eigenvalue weighted by Gasteiger charge is -2.22. The second-order valence-electron chi connectivity index (χ2n) is 11.8. The first-order valence-electron chi connectivity index (χ1n) is 14.6. The second-order valence-corrected chi connectivity index (χ2v) is 11.8. The van der Waals surface area contributed by atoms with E-state index >= 15 is 0 Å². The van der Waals surface area contributed by atoms with Gasteiger partial charge in [-0.25, -0.2) is 9.78 Å². The molecule has 12 heteroatoms. The number of carboxylic acids is 1. The first-order valence-corrected chi connectivity index (χ1v) is 14.6. The minimum atomic E-state index is -1.10. The number of benzene rings is 3. The van der Waals surface area contributed by atoms with Crippen molar-refractivity contribution in [3.63, 3.8) is 0 Å². The molecule has 4 aromatic rings. The van der Waals surface area contributed by atoms with Crippen LogP contribution in [0, 0.1) is 0 Å². The standard InChI is InChI=1S/C34H38N6O6/c1-21(41)40(20-29(42)43)19-22-8-10-24(11-9-22)30(32(44)37-18-23-6-5-7-26(35)16-23)38-27-12-13-28-25(17-27)14-15-36-31(28)39-33(45)46-34(2,3)4/h5-17,30,38H,18-20,35H2,1-4H3,(H,37,44)(H,42,43)(H,36,39,45). The van der Waals surface area contributed by atoms with E-state index in [4.69, 9.17) is 15.6 Å². The molecule has 0 saturated carbocycles. The molecule has 12 nitrogen and oxygen atoms in total. The van der Waals surface area contributed by atoms with E-state index in [9.17, 15) is 19.2 Å². The predicted molar refractivity (Wildman–Crippen MR) is 176 cm³/mol. The Morgan fingerprint density at radius 1 is 0.978 bits per heavy atom. The van der Waals surface area contributed by atoms with Crippen molar-refractivity contribution < 1.29 is 29.0 Å². The molecular weight excluding hydrogens is 588 g/mol. The first-order chi connectivity index (χ1) is 21.8. The summed E-state index contributed by atoms with van der Waals surface area (Å²) in [5.41, 5.74) is 8.66. The summed E-state index contributed by atoms with van der Waals surface area (Å²) >= 11 is 0. The van der Waals surface area contributed by atoms with Crippen molar-refractivity contribution in [1.29, 1.82) is 0 Å². The minimum absolute atomic E-state index is 0.111. The highest BCUT2D eigenvalue weighted by molar-refractivity contribution is 5.99. The van der Waals surface area contributed by atoms with E-state index in [1.54, 1.807) is 81.6 Å². The van der Waals surface area contributed by atoms with Gasteiger partial charge in [-0.3, -0.25) is 19.7 Å². The Balaban J connectivity index is 1.59. The SMILES string of the molecule is CC(=O)N(CC(=O)O)Cc1ccc(C(Nc2ccc3c(NC(=O)OC(C)(C)C)nccc3c2)C(=O)NCc2cccc(N)c2)cc1. The molecule has 240 valence electrons. The molecule has 1 aromatic heterocycles. The Bertz CT molecular complexity index is 1730. The number of fused-ring (bicyclic) bond motifs is 1. The zero-order chi connectivity index (χ0) is 33.4. The highest BCUT2D eigenvalue weighted by atomic mass is 16.6. The molecule has 3 amide bonds. The van der Waals surface area contributed by atoms with Crippen LogP contribution >= 0.6 is 0 Å². The molecule has 6 N–H and O–H groups in total. The van der Waals surface area contributed by atoms with Crippen molar-refractivity contribution in [3.8, 4) is 0 Å². The molecule has 0 spiro atoms. The summed E-state index contributed by atoms with van der Waals surface area (Å²) in [5.74, 6) is -1.42. The van der Waals surface area contributed by atoms with Crippen LogP contribution in [-0.4, -0.2) is 51.0 Å². The van der Waals surface area contributed by atoms with Crippen LogP contribution in [0.4, 0.5) is 22.0 Å². The molecule has 0 bridgehead atoms. The van der Waals surface area contributed by atoms with E-state index in [1.807, 2.05) is 18.2 Å². The van der Waals surface area contributed by atoms with Crippen LogP contribution in [0.3, 0.4) is 0 Å². The van der Waals surface area contributed by atoms with Crippen molar-refractivity contribution in [2.75, 3.05) is 22.9 Å². The maximum Gasteiger partial charge on any atom is 0.413 e. The Labute approximate surface area is 266 Å². The first kappa shape index (κ1) is 33.2. The molecule has 1 unspecified atom stereocenters. The fraction of sp³-hybridized carbons (Fsp3) is 0.265. The number of pyridine rings is 1. The van der Waals surface area contributed by atoms with Crippen molar-refractivity contribution in [3.05, 3.63) is 95.7 Å². The zero-order valence-electron chi connectivity index (χ0n) is 26.2. The van der Waals surface area contributed by atoms with Crippen LogP contribution in [-0.2, 0) is 32.2 Å². The van der Waals surface area contributed by atoms with Crippen molar-refractivity contribution in [2.45, 2.75) is 52.4 Å². The fourth-order valence-corrected chi connectivity index (χ4v) is 4.71. The van der Waals surface area contributed by atoms with Gasteiger partial charge in [0.1, 0.15) is 24.0 Å². The minimum Gasteiger partial charge on any atom is -0.480 e. The number of nitrogen functional groups attached to an aromatic ring is 1. The van der Waals surface area contributed by atoms with E-state index in [0.717, 1.165) is 10.9 Å². The second kappa shape index (κ2) is 14.4. The monoisotopic (exact) mass is 626 g/mol. The normalized spacial score (nSPS) is 11.7. The number of hydrogen-bond acceptors (Lipinski definition) is 8. The third-order valence-electron chi connectivity index (χ3n) is 6.83. The van der Waals surface area contributed by atoms with Gasteiger partial charge < -0.3 is 31.1 Å². The van der Waals surface area contributed by atoms with Crippen molar-refractivity contribution >= 4 is 51.8 Å². The van der Waals surface area contributed by atoms with Gasteiger partial charge in [0.05, 0.1) is 0 Å². The van der Waals surface area contributed by atoms with Gasteiger partial charge in [-0.15, -0.1) is 0 Å². The smallest absolute Gasteiger partial charge is 0.413 e. The van der Waals surface area contributed by atoms with Crippen LogP contribution < -0.4 is 21.7 Å². The maximum atomic E-state index is 13.6. The number of aliphatic carboxylic acids is 1. The number of carbonyl (C=O) groups excluding carboxylic acids is 3. The fourth-order valence-electron chi connectivity index (χ4n) is 4.71. The van der Waals surface area contributed by atoms with Gasteiger partial charge in [-0.2, -0.15) is 0 Å². The number of anilines is 3. The lowest BCUT2D eigenvalue weighted by atomic mass is 10.0. The van der Waals surface area contributed by atoms with Gasteiger partial charge in [-0.1, -0.05) is 36.4 Å². The quantitative estimate of drug-likeness (QED) is 0.142. The Hall–Kier alpha value is -5.65. The zero-order valence-corrected chi connectivity index (χ0v) is 26.2. The van der Waals surface area contributed by atoms with Gasteiger partial charge >= 0.3 is 12.1 Å². The number of nitrogens with zero attached hydrogens (tertiary/aromatic N) is 2. The van der Waals surface area contributed by atoms with Crippen LogP contribution in [0.25, 0.3) is 10.8 Å². The summed E-state index contributed by atoms with van der Waals surface area (Å²) in [6.45, 7) is 6.59. The molecule has 0 aliphatic heterocycles. The summed E-state index contributed by atoms with van der Waals surface area (Å²) in [7, 11) is 0. The lowest BCUT2D eigenvalue weighted by molar-refractivity contribution is -0.144. The van der Waals surface area contributed by atoms with Crippen LogP contribution in [0.5, 0.6) is 0 Å². The molecule has 4 rings (SSSR count). The molecule has 1 heterocycles. The molecule has 0 aliphatic carbocycles. The summed E-state index contributed by atoms with van der Waals surface area (Å²) in [4.78, 5) is 54.7. The number of hydrogen-bond donors (Lipinski definition) is 5. The number of nitrogens with two attached hydrogens (primary N) is 1. The van der Waals surface area contributed by atoms with Gasteiger partial charge in [-0.05, 0) is 79.2 Å². The number of ether oxygens (including phenoxy) is 1. The summed E-state index contributed by atoms with van der Waals surface area (Å²) in [5, 5.41) is 19.6. The van der Waals surface area contributed by atoms with Gasteiger partial charge in [0.25, 0.3) is 0 Å². The third kappa shape index (κ3) is 9.42. The van der Waals surface area contributed by atoms with E-state index in [0.29, 0.717) is 33.7 Å². The van der Waals surface area contributed by atoms with Crippen LogP contribution in [0.15, 0.2) is 79.0 Å². The van der Waals surface area contributed by atoms with Gasteiger partial charge in [0, 0.05) is 43.0 Å². The number of rotatable bonds is 11. The highest BCUT2D eigenvalue weighted by Crippen LogP contribution is 2.28. The molecule has 0 aliphatic rings. The Morgan fingerprint density at radius 2 is 1.72 bits per heavy atom. The predicted octanol–water partition coefficient (Wildman–Crippen LogP) is 5.07. The largest absolute Gasteiger partial charge is 0.480 e. The number of carboxylic acid groups (broad SMARTS) is 1. The maximum absolute atomic E-state index is 13.6. The number of nitrogens with one attached hydrogen (secondary N) is 3. The van der Waals surface area contributed by atoms with E-state index in [-0.39, 0.29) is 24.9 Å². The summed E-state index contributed by atoms with van der Waals surface area (Å²) in [6, 6.07) is 20.7. The summed E-state index contributed by atoms with van der Waals surface area (Å²) in [6.07, 6.45) is 0.951. The number of carbonyl (C=O) groups is 4. The van der Waals surface area contributed by atoms with Crippen LogP contribution in [0.2, 0.25) is 0 Å². The molecule has 0 radical (unpaired) electrons. The Kier molecular flexibility index (Phi) is 10.4. The average Bonchev–Trinajstić information content (AvgIpc) is 2.97. The number of amides is 3. The third-order valence-corrected chi connectivity index (χ3v) is 6.83. The van der Waals surface area contributed by atoms with Gasteiger partial charge in [0.15, 0.2) is 0 Å². The summed E-state index contributed by atoms with van der Waals surface area (Å²) < 4.78 is 5.36. The topological polar surface area (TPSA) is 176 Å². The molecule has 0 fully saturated rings. The lowest BCUT2D eigenvalue weighted by Crippen LogP contribution is -2.34. The number of aromatic nitrogens is 1. The molecule has 3 aromatic carbocycles.